The van der Waals surface area contributed by atoms with Crippen LogP contribution < -0.4 is 4.90 Å². The Labute approximate surface area is 107 Å². The minimum absolute atomic E-state index is 0.0754. The highest BCUT2D eigenvalue weighted by molar-refractivity contribution is 6.29. The fraction of sp³-hybridized carbons (Fsp3) is 0.500. The van der Waals surface area contributed by atoms with E-state index >= 15 is 0 Å². The molecule has 1 aromatic rings. The van der Waals surface area contributed by atoms with Crippen molar-refractivity contribution in [1.82, 2.24) is 9.88 Å². The number of aromatic nitrogens is 1. The van der Waals surface area contributed by atoms with E-state index in [1.807, 2.05) is 11.0 Å². The van der Waals surface area contributed by atoms with Gasteiger partial charge in [-0.05, 0) is 18.6 Å². The first-order chi connectivity index (χ1) is 8.04. The second-order valence-corrected chi connectivity index (χ2v) is 4.43. The first kappa shape index (κ1) is 13.8. The lowest BCUT2D eigenvalue weighted by Gasteiger charge is -2.25. The molecule has 0 aliphatic heterocycles. The van der Waals surface area contributed by atoms with Crippen molar-refractivity contribution in [3.05, 3.63) is 23.5 Å². The minimum Gasteiger partial charge on any atom is -0.362 e. The molecule has 0 spiro atoms. The number of amides is 1. The van der Waals surface area contributed by atoms with Gasteiger partial charge < -0.3 is 9.80 Å². The average molecular weight is 256 g/mol. The number of hydrogen-bond donors (Lipinski definition) is 0. The van der Waals surface area contributed by atoms with Crippen molar-refractivity contribution in [1.29, 1.82) is 0 Å². The number of anilines is 1. The van der Waals surface area contributed by atoms with Gasteiger partial charge in [0.25, 0.3) is 0 Å². The van der Waals surface area contributed by atoms with Gasteiger partial charge in [0, 0.05) is 32.5 Å². The van der Waals surface area contributed by atoms with Crippen LogP contribution in [0.2, 0.25) is 5.15 Å². The number of carbonyl (C=O) groups excluding carboxylic acids is 1. The second kappa shape index (κ2) is 6.45. The highest BCUT2D eigenvalue weighted by Gasteiger charge is 2.12. The van der Waals surface area contributed by atoms with E-state index in [1.54, 1.807) is 31.3 Å². The molecule has 17 heavy (non-hydrogen) atoms. The summed E-state index contributed by atoms with van der Waals surface area (Å²) in [6, 6.07) is 3.64. The van der Waals surface area contributed by atoms with Crippen LogP contribution in [0.5, 0.6) is 0 Å². The Morgan fingerprint density at radius 2 is 2.18 bits per heavy atom. The summed E-state index contributed by atoms with van der Waals surface area (Å²) in [5, 5.41) is 0.445. The van der Waals surface area contributed by atoms with Gasteiger partial charge >= 0.3 is 0 Å². The molecule has 1 heterocycles. The van der Waals surface area contributed by atoms with Gasteiger partial charge in [0.1, 0.15) is 5.15 Å². The summed E-state index contributed by atoms with van der Waals surface area (Å²) in [6.45, 7) is 3.26. The third-order valence-corrected chi connectivity index (χ3v) is 2.60. The minimum atomic E-state index is 0.0754. The maximum absolute atomic E-state index is 11.7. The van der Waals surface area contributed by atoms with Crippen molar-refractivity contribution in [3.8, 4) is 0 Å². The molecule has 4 nitrogen and oxygen atoms in total. The highest BCUT2D eigenvalue weighted by atomic mass is 35.5. The average Bonchev–Trinajstić information content (AvgIpc) is 2.28. The largest absolute Gasteiger partial charge is 0.362 e. The van der Waals surface area contributed by atoms with Crippen LogP contribution in [0.25, 0.3) is 0 Å². The van der Waals surface area contributed by atoms with Gasteiger partial charge in [-0.2, -0.15) is 0 Å². The predicted octanol–water partition coefficient (Wildman–Crippen LogP) is 2.04. The van der Waals surface area contributed by atoms with E-state index in [1.165, 1.54) is 0 Å². The molecule has 0 aliphatic rings. The number of halogens is 1. The summed E-state index contributed by atoms with van der Waals surface area (Å²) in [5.74, 6) is 0.0754. The molecule has 0 aromatic carbocycles. The van der Waals surface area contributed by atoms with E-state index in [4.69, 9.17) is 11.6 Å². The van der Waals surface area contributed by atoms with Crippen LogP contribution in [-0.2, 0) is 4.79 Å². The monoisotopic (exact) mass is 255 g/mol. The Morgan fingerprint density at radius 1 is 1.47 bits per heavy atom. The van der Waals surface area contributed by atoms with Crippen LogP contribution in [0.1, 0.15) is 13.3 Å². The molecular formula is C12H18ClN3O. The molecule has 1 amide bonds. The fourth-order valence-electron chi connectivity index (χ4n) is 1.46. The molecule has 5 heteroatoms. The third kappa shape index (κ3) is 4.23. The molecule has 0 N–H and O–H groups in total. The first-order valence-corrected chi connectivity index (χ1v) is 5.99. The quantitative estimate of drug-likeness (QED) is 0.756. The summed E-state index contributed by atoms with van der Waals surface area (Å²) >= 11 is 5.86. The van der Waals surface area contributed by atoms with Gasteiger partial charge in [0.15, 0.2) is 0 Å². The molecule has 1 rings (SSSR count). The zero-order valence-corrected chi connectivity index (χ0v) is 11.2. The van der Waals surface area contributed by atoms with E-state index in [9.17, 15) is 4.79 Å². The van der Waals surface area contributed by atoms with Crippen LogP contribution in [0.15, 0.2) is 18.3 Å². The summed E-state index contributed by atoms with van der Waals surface area (Å²) < 4.78 is 0. The molecule has 94 valence electrons. The van der Waals surface area contributed by atoms with Gasteiger partial charge in [0.2, 0.25) is 5.91 Å². The molecule has 0 saturated heterocycles. The maximum atomic E-state index is 11.7. The number of pyridine rings is 1. The first-order valence-electron chi connectivity index (χ1n) is 5.61. The molecular weight excluding hydrogens is 238 g/mol. The van der Waals surface area contributed by atoms with Crippen molar-refractivity contribution in [2.75, 3.05) is 32.1 Å². The predicted molar refractivity (Wildman–Crippen MR) is 70.4 cm³/mol. The van der Waals surface area contributed by atoms with Gasteiger partial charge in [-0.25, -0.2) is 4.98 Å². The summed E-state index contributed by atoms with van der Waals surface area (Å²) in [6.07, 6.45) is 2.63. The molecule has 0 bridgehead atoms. The lowest BCUT2D eigenvalue weighted by atomic mass is 10.3. The van der Waals surface area contributed by atoms with Crippen LogP contribution in [-0.4, -0.2) is 43.0 Å². The molecule has 0 unspecified atom stereocenters. The van der Waals surface area contributed by atoms with E-state index in [0.717, 1.165) is 18.7 Å². The lowest BCUT2D eigenvalue weighted by molar-refractivity contribution is -0.127. The Bertz CT molecular complexity index is 382. The number of carbonyl (C=O) groups is 1. The topological polar surface area (TPSA) is 36.4 Å². The molecule has 0 radical (unpaired) electrons. The summed E-state index contributed by atoms with van der Waals surface area (Å²) in [7, 11) is 3.51. The fourth-order valence-corrected chi connectivity index (χ4v) is 1.63. The van der Waals surface area contributed by atoms with Crippen LogP contribution >= 0.6 is 11.6 Å². The van der Waals surface area contributed by atoms with Crippen molar-refractivity contribution < 1.29 is 4.79 Å². The Balaban J connectivity index is 2.82. The number of hydrogen-bond acceptors (Lipinski definition) is 3. The Hall–Kier alpha value is -1.29. The van der Waals surface area contributed by atoms with E-state index in [0.29, 0.717) is 11.7 Å². The van der Waals surface area contributed by atoms with Crippen molar-refractivity contribution in [3.63, 3.8) is 0 Å². The summed E-state index contributed by atoms with van der Waals surface area (Å²) in [4.78, 5) is 19.3. The van der Waals surface area contributed by atoms with E-state index in [2.05, 4.69) is 11.9 Å². The van der Waals surface area contributed by atoms with E-state index in [-0.39, 0.29) is 5.91 Å². The van der Waals surface area contributed by atoms with Crippen molar-refractivity contribution >= 4 is 23.2 Å². The summed E-state index contributed by atoms with van der Waals surface area (Å²) in [5.41, 5.74) is 0.932. The van der Waals surface area contributed by atoms with Crippen LogP contribution in [0.4, 0.5) is 5.69 Å². The lowest BCUT2D eigenvalue weighted by Crippen LogP contribution is -2.37. The van der Waals surface area contributed by atoms with Crippen LogP contribution in [0.3, 0.4) is 0 Å². The maximum Gasteiger partial charge on any atom is 0.241 e. The second-order valence-electron chi connectivity index (χ2n) is 4.05. The standard InChI is InChI=1S/C12H18ClN3O/c1-4-7-16(9-12(17)15(2)3)10-5-6-14-11(13)8-10/h5-6,8H,4,7,9H2,1-3H3. The Kier molecular flexibility index (Phi) is 5.22. The number of likely N-dealkylation sites (N-methyl/N-ethyl adjacent to an activating group) is 1. The molecule has 0 aliphatic carbocycles. The van der Waals surface area contributed by atoms with Crippen molar-refractivity contribution in [2.24, 2.45) is 0 Å². The third-order valence-electron chi connectivity index (χ3n) is 2.39. The molecule has 0 atom stereocenters. The zero-order chi connectivity index (χ0) is 12.8. The smallest absolute Gasteiger partial charge is 0.241 e. The highest BCUT2D eigenvalue weighted by Crippen LogP contribution is 2.17. The van der Waals surface area contributed by atoms with E-state index < -0.39 is 0 Å². The molecule has 0 fully saturated rings. The normalized spacial score (nSPS) is 10.1. The van der Waals surface area contributed by atoms with Gasteiger partial charge in [-0.15, -0.1) is 0 Å². The van der Waals surface area contributed by atoms with Gasteiger partial charge in [-0.3, -0.25) is 4.79 Å². The number of nitrogens with zero attached hydrogens (tertiary/aromatic N) is 3. The number of rotatable bonds is 5. The molecule has 0 saturated carbocycles. The van der Waals surface area contributed by atoms with Gasteiger partial charge in [-0.1, -0.05) is 18.5 Å². The zero-order valence-electron chi connectivity index (χ0n) is 10.5. The van der Waals surface area contributed by atoms with Crippen LogP contribution in [0, 0.1) is 0 Å². The molecule has 1 aromatic heterocycles. The Morgan fingerprint density at radius 3 is 2.71 bits per heavy atom. The van der Waals surface area contributed by atoms with Crippen molar-refractivity contribution in [2.45, 2.75) is 13.3 Å². The van der Waals surface area contributed by atoms with Gasteiger partial charge in [0.05, 0.1) is 6.54 Å². The SMILES string of the molecule is CCCN(CC(=O)N(C)C)c1ccnc(Cl)c1.